The number of nitrogen functional groups attached to an aromatic ring is 1. The van der Waals surface area contributed by atoms with E-state index in [0.29, 0.717) is 0 Å². The van der Waals surface area contributed by atoms with Crippen molar-refractivity contribution in [3.05, 3.63) is 28.2 Å². The molecule has 0 amide bonds. The van der Waals surface area contributed by atoms with Crippen LogP contribution >= 0.6 is 27.3 Å². The van der Waals surface area contributed by atoms with Gasteiger partial charge in [-0.25, -0.2) is 0 Å². The summed E-state index contributed by atoms with van der Waals surface area (Å²) < 4.78 is 2.09. The Kier molecular flexibility index (Phi) is 2.27. The summed E-state index contributed by atoms with van der Waals surface area (Å²) in [5, 5.41) is 10.9. The van der Waals surface area contributed by atoms with Gasteiger partial charge in [0.05, 0.1) is 11.6 Å². The van der Waals surface area contributed by atoms with Gasteiger partial charge in [0, 0.05) is 14.6 Å². The smallest absolute Gasteiger partial charge is 0.0869 e. The van der Waals surface area contributed by atoms with Crippen LogP contribution < -0.4 is 5.73 Å². The molecule has 0 saturated heterocycles. The fraction of sp³-hybridized carbons (Fsp3) is 0.111. The quantitative estimate of drug-likeness (QED) is 0.826. The minimum absolute atomic E-state index is 0.0479. The van der Waals surface area contributed by atoms with Gasteiger partial charge >= 0.3 is 0 Å². The monoisotopic (exact) mass is 257 g/mol. The van der Waals surface area contributed by atoms with Crippen LogP contribution in [0.2, 0.25) is 0 Å². The van der Waals surface area contributed by atoms with E-state index >= 15 is 0 Å². The normalized spacial score (nSPS) is 10.9. The van der Waals surface area contributed by atoms with Gasteiger partial charge in [0.15, 0.2) is 0 Å². The summed E-state index contributed by atoms with van der Waals surface area (Å²) in [6.07, 6.45) is 0. The highest BCUT2D eigenvalue weighted by molar-refractivity contribution is 9.10. The van der Waals surface area contributed by atoms with Crippen molar-refractivity contribution in [1.82, 2.24) is 0 Å². The molecule has 2 nitrogen and oxygen atoms in total. The van der Waals surface area contributed by atoms with Gasteiger partial charge in [-0.15, -0.1) is 11.3 Å². The molecular formula is C9H8BrNOS. The lowest BCUT2D eigenvalue weighted by atomic mass is 10.2. The predicted molar refractivity (Wildman–Crippen MR) is 59.9 cm³/mol. The topological polar surface area (TPSA) is 46.2 Å². The van der Waals surface area contributed by atoms with E-state index in [1.165, 1.54) is 0 Å². The number of aliphatic hydroxyl groups excluding tert-OH is 1. The average molecular weight is 258 g/mol. The summed E-state index contributed by atoms with van der Waals surface area (Å²) in [5.41, 5.74) is 6.58. The Labute approximate surface area is 88.1 Å². The summed E-state index contributed by atoms with van der Waals surface area (Å²) in [6.45, 7) is 0.0479. The Balaban J connectivity index is 2.78. The highest BCUT2D eigenvalue weighted by Crippen LogP contribution is 2.34. The van der Waals surface area contributed by atoms with Crippen LogP contribution in [0.4, 0.5) is 5.00 Å². The van der Waals surface area contributed by atoms with Gasteiger partial charge in [-0.1, -0.05) is 6.07 Å². The zero-order valence-corrected chi connectivity index (χ0v) is 9.15. The summed E-state index contributed by atoms with van der Waals surface area (Å²) in [4.78, 5) is 0. The Hall–Kier alpha value is -0.580. The molecule has 1 aromatic carbocycles. The fourth-order valence-electron chi connectivity index (χ4n) is 1.26. The minimum Gasteiger partial charge on any atom is -0.392 e. The average Bonchev–Trinajstić information content (AvgIpc) is 2.47. The standard InChI is InChI=1S/C9H8BrNOS/c10-9-5(4-12)1-2-7-6(9)3-8(11)13-7/h1-3,12H,4,11H2. The minimum atomic E-state index is 0.0479. The third-order valence-corrected chi connectivity index (χ3v) is 3.77. The van der Waals surface area contributed by atoms with Crippen LogP contribution in [0.25, 0.3) is 10.1 Å². The second kappa shape index (κ2) is 3.29. The molecule has 1 heterocycles. The molecule has 68 valence electrons. The number of hydrogen-bond donors (Lipinski definition) is 2. The lowest BCUT2D eigenvalue weighted by Gasteiger charge is -2.00. The van der Waals surface area contributed by atoms with E-state index in [-0.39, 0.29) is 6.61 Å². The molecule has 0 aliphatic heterocycles. The predicted octanol–water partition coefficient (Wildman–Crippen LogP) is 2.74. The van der Waals surface area contributed by atoms with E-state index in [4.69, 9.17) is 10.8 Å². The van der Waals surface area contributed by atoms with E-state index in [1.807, 2.05) is 18.2 Å². The number of thiophene rings is 1. The maximum Gasteiger partial charge on any atom is 0.0869 e. The van der Waals surface area contributed by atoms with Gasteiger partial charge in [0.2, 0.25) is 0 Å². The summed E-state index contributed by atoms with van der Waals surface area (Å²) in [6, 6.07) is 5.80. The van der Waals surface area contributed by atoms with Crippen molar-refractivity contribution in [3.8, 4) is 0 Å². The first-order valence-corrected chi connectivity index (χ1v) is 5.40. The van der Waals surface area contributed by atoms with E-state index < -0.39 is 0 Å². The van der Waals surface area contributed by atoms with Crippen molar-refractivity contribution in [3.63, 3.8) is 0 Å². The second-order valence-electron chi connectivity index (χ2n) is 2.76. The molecule has 4 heteroatoms. The van der Waals surface area contributed by atoms with E-state index in [1.54, 1.807) is 11.3 Å². The molecule has 1 aromatic heterocycles. The summed E-state index contributed by atoms with van der Waals surface area (Å²) in [5.74, 6) is 0. The molecular weight excluding hydrogens is 250 g/mol. The van der Waals surface area contributed by atoms with Crippen molar-refractivity contribution in [2.24, 2.45) is 0 Å². The molecule has 0 aliphatic carbocycles. The highest BCUT2D eigenvalue weighted by Gasteiger charge is 2.06. The maximum atomic E-state index is 9.03. The third-order valence-electron chi connectivity index (χ3n) is 1.90. The lowest BCUT2D eigenvalue weighted by molar-refractivity contribution is 0.281. The number of fused-ring (bicyclic) bond motifs is 1. The first kappa shape index (κ1) is 8.99. The molecule has 0 saturated carbocycles. The van der Waals surface area contributed by atoms with Crippen molar-refractivity contribution in [2.75, 3.05) is 5.73 Å². The van der Waals surface area contributed by atoms with Crippen LogP contribution in [0, 0.1) is 0 Å². The number of nitrogens with two attached hydrogens (primary N) is 1. The van der Waals surface area contributed by atoms with Gasteiger partial charge in [0.25, 0.3) is 0 Å². The SMILES string of the molecule is Nc1cc2c(Br)c(CO)ccc2s1. The van der Waals surface area contributed by atoms with Crippen molar-refractivity contribution < 1.29 is 5.11 Å². The third kappa shape index (κ3) is 1.45. The van der Waals surface area contributed by atoms with E-state index in [9.17, 15) is 0 Å². The number of rotatable bonds is 1. The Bertz CT molecular complexity index is 452. The van der Waals surface area contributed by atoms with Crippen LogP contribution in [-0.4, -0.2) is 5.11 Å². The first-order chi connectivity index (χ1) is 6.22. The van der Waals surface area contributed by atoms with Gasteiger partial charge < -0.3 is 10.8 Å². The molecule has 0 fully saturated rings. The fourth-order valence-corrected chi connectivity index (χ4v) is 2.82. The zero-order valence-electron chi connectivity index (χ0n) is 6.75. The molecule has 13 heavy (non-hydrogen) atoms. The van der Waals surface area contributed by atoms with E-state index in [0.717, 1.165) is 25.1 Å². The summed E-state index contributed by atoms with van der Waals surface area (Å²) >= 11 is 5.00. The highest BCUT2D eigenvalue weighted by atomic mass is 79.9. The van der Waals surface area contributed by atoms with Crippen LogP contribution in [0.15, 0.2) is 22.7 Å². The van der Waals surface area contributed by atoms with Crippen LogP contribution in [0.1, 0.15) is 5.56 Å². The van der Waals surface area contributed by atoms with E-state index in [2.05, 4.69) is 15.9 Å². The van der Waals surface area contributed by atoms with Gasteiger partial charge in [0.1, 0.15) is 0 Å². The number of halogens is 1. The lowest BCUT2D eigenvalue weighted by Crippen LogP contribution is -1.83. The molecule has 0 spiro atoms. The number of anilines is 1. The van der Waals surface area contributed by atoms with Gasteiger partial charge in [-0.2, -0.15) is 0 Å². The van der Waals surface area contributed by atoms with Crippen molar-refractivity contribution >= 4 is 42.4 Å². The first-order valence-electron chi connectivity index (χ1n) is 3.79. The number of hydrogen-bond acceptors (Lipinski definition) is 3. The van der Waals surface area contributed by atoms with Crippen LogP contribution in [-0.2, 0) is 6.61 Å². The van der Waals surface area contributed by atoms with Crippen molar-refractivity contribution in [2.45, 2.75) is 6.61 Å². The molecule has 0 aliphatic rings. The van der Waals surface area contributed by atoms with Gasteiger partial charge in [-0.3, -0.25) is 0 Å². The molecule has 0 atom stereocenters. The van der Waals surface area contributed by atoms with Crippen LogP contribution in [0.3, 0.4) is 0 Å². The molecule has 2 aromatic rings. The van der Waals surface area contributed by atoms with Gasteiger partial charge in [-0.05, 0) is 33.6 Å². The number of aliphatic hydroxyl groups is 1. The summed E-state index contributed by atoms with van der Waals surface area (Å²) in [7, 11) is 0. The zero-order chi connectivity index (χ0) is 9.42. The molecule has 0 bridgehead atoms. The molecule has 2 rings (SSSR count). The number of benzene rings is 1. The maximum absolute atomic E-state index is 9.03. The van der Waals surface area contributed by atoms with Crippen molar-refractivity contribution in [1.29, 1.82) is 0 Å². The largest absolute Gasteiger partial charge is 0.392 e. The molecule has 0 radical (unpaired) electrons. The second-order valence-corrected chi connectivity index (χ2v) is 4.67. The molecule has 0 unspecified atom stereocenters. The Morgan fingerprint density at radius 1 is 1.46 bits per heavy atom. The molecule has 3 N–H and O–H groups in total. The Morgan fingerprint density at radius 2 is 2.23 bits per heavy atom. The van der Waals surface area contributed by atoms with Crippen LogP contribution in [0.5, 0.6) is 0 Å². The Morgan fingerprint density at radius 3 is 2.92 bits per heavy atom.